The highest BCUT2D eigenvalue weighted by Gasteiger charge is 2.26. The first-order valence-electron chi connectivity index (χ1n) is 11.0. The summed E-state index contributed by atoms with van der Waals surface area (Å²) in [7, 11) is 3.05. The molecule has 0 aliphatic carbocycles. The molecule has 0 aliphatic rings. The van der Waals surface area contributed by atoms with Crippen LogP contribution in [0.3, 0.4) is 0 Å². The molecule has 4 rings (SSSR count). The third-order valence-electron chi connectivity index (χ3n) is 5.63. The summed E-state index contributed by atoms with van der Waals surface area (Å²) in [6.45, 7) is 1.95. The maximum absolute atomic E-state index is 13.3. The number of benzene rings is 3. The van der Waals surface area contributed by atoms with E-state index in [1.54, 1.807) is 30.3 Å². The monoisotopic (exact) mass is 458 g/mol. The number of methoxy groups -OCH3 is 2. The largest absolute Gasteiger partial charge is 0.497 e. The van der Waals surface area contributed by atoms with Crippen molar-refractivity contribution in [3.63, 3.8) is 0 Å². The van der Waals surface area contributed by atoms with E-state index in [1.807, 2.05) is 49.4 Å². The zero-order valence-electron chi connectivity index (χ0n) is 19.3. The number of nitrogens with one attached hydrogen (secondary N) is 2. The number of amides is 2. The number of anilines is 2. The van der Waals surface area contributed by atoms with Crippen LogP contribution in [0.25, 0.3) is 11.0 Å². The molecular weight excluding hydrogens is 432 g/mol. The fraction of sp³-hybridized carbons (Fsp3) is 0.185. The molecule has 3 aromatic carbocycles. The van der Waals surface area contributed by atoms with E-state index in [4.69, 9.17) is 13.9 Å². The van der Waals surface area contributed by atoms with Gasteiger partial charge in [0.05, 0.1) is 25.8 Å². The Hall–Kier alpha value is -4.26. The van der Waals surface area contributed by atoms with Gasteiger partial charge in [0.2, 0.25) is 11.7 Å². The van der Waals surface area contributed by atoms with Gasteiger partial charge >= 0.3 is 0 Å². The molecule has 4 aromatic rings. The van der Waals surface area contributed by atoms with E-state index in [9.17, 15) is 9.59 Å². The lowest BCUT2D eigenvalue weighted by molar-refractivity contribution is -0.117. The second-order valence-corrected chi connectivity index (χ2v) is 7.68. The maximum atomic E-state index is 13.3. The molecular formula is C27H26N2O5. The average Bonchev–Trinajstić information content (AvgIpc) is 3.23. The summed E-state index contributed by atoms with van der Waals surface area (Å²) < 4.78 is 16.5. The molecule has 0 saturated heterocycles. The van der Waals surface area contributed by atoms with Gasteiger partial charge in [0.1, 0.15) is 22.8 Å². The fourth-order valence-corrected chi connectivity index (χ4v) is 3.89. The van der Waals surface area contributed by atoms with E-state index in [0.29, 0.717) is 40.3 Å². The van der Waals surface area contributed by atoms with Crippen LogP contribution in [0, 0.1) is 0 Å². The van der Waals surface area contributed by atoms with Crippen LogP contribution in [0.4, 0.5) is 11.4 Å². The van der Waals surface area contributed by atoms with Gasteiger partial charge in [-0.15, -0.1) is 0 Å². The number of fused-ring (bicyclic) bond motifs is 1. The summed E-state index contributed by atoms with van der Waals surface area (Å²) in [6.07, 6.45) is 0.605. The molecule has 0 radical (unpaired) electrons. The van der Waals surface area contributed by atoms with Gasteiger partial charge < -0.3 is 24.5 Å². The Labute approximate surface area is 197 Å². The summed E-state index contributed by atoms with van der Waals surface area (Å²) in [5, 5.41) is 6.40. The Bertz CT molecular complexity index is 1310. The SMILES string of the molecule is CC[C@H](C(=O)Nc1c(C(=O)Nc2cc(OC)ccc2OC)oc2ccccc12)c1ccccc1. The van der Waals surface area contributed by atoms with Gasteiger partial charge in [-0.2, -0.15) is 0 Å². The van der Waals surface area contributed by atoms with Crippen LogP contribution in [-0.4, -0.2) is 26.0 Å². The molecule has 0 unspecified atom stereocenters. The minimum Gasteiger partial charge on any atom is -0.497 e. The quantitative estimate of drug-likeness (QED) is 0.346. The Morgan fingerprint density at radius 1 is 0.912 bits per heavy atom. The number of hydrogen-bond acceptors (Lipinski definition) is 5. The Balaban J connectivity index is 1.69. The third-order valence-corrected chi connectivity index (χ3v) is 5.63. The lowest BCUT2D eigenvalue weighted by atomic mass is 9.95. The third kappa shape index (κ3) is 4.59. The van der Waals surface area contributed by atoms with E-state index in [-0.39, 0.29) is 17.6 Å². The lowest BCUT2D eigenvalue weighted by Gasteiger charge is -2.16. The summed E-state index contributed by atoms with van der Waals surface area (Å²) in [5.74, 6) is -0.0838. The maximum Gasteiger partial charge on any atom is 0.293 e. The van der Waals surface area contributed by atoms with Crippen molar-refractivity contribution in [2.24, 2.45) is 0 Å². The molecule has 2 amide bonds. The van der Waals surface area contributed by atoms with E-state index < -0.39 is 5.91 Å². The Morgan fingerprint density at radius 2 is 1.65 bits per heavy atom. The van der Waals surface area contributed by atoms with Gasteiger partial charge in [-0.25, -0.2) is 0 Å². The topological polar surface area (TPSA) is 89.8 Å². The first kappa shape index (κ1) is 22.9. The van der Waals surface area contributed by atoms with Crippen molar-refractivity contribution in [1.82, 2.24) is 0 Å². The van der Waals surface area contributed by atoms with Crippen molar-refractivity contribution in [1.29, 1.82) is 0 Å². The Morgan fingerprint density at radius 3 is 2.35 bits per heavy atom. The molecule has 0 bridgehead atoms. The van der Waals surface area contributed by atoms with Crippen molar-refractivity contribution in [2.75, 3.05) is 24.9 Å². The van der Waals surface area contributed by atoms with E-state index >= 15 is 0 Å². The second-order valence-electron chi connectivity index (χ2n) is 7.68. The summed E-state index contributed by atoms with van der Waals surface area (Å²) >= 11 is 0. The number of rotatable bonds is 8. The molecule has 0 fully saturated rings. The van der Waals surface area contributed by atoms with Crippen molar-refractivity contribution < 1.29 is 23.5 Å². The predicted octanol–water partition coefficient (Wildman–Crippen LogP) is 5.83. The average molecular weight is 459 g/mol. The van der Waals surface area contributed by atoms with Crippen molar-refractivity contribution in [3.05, 3.63) is 84.1 Å². The van der Waals surface area contributed by atoms with Crippen LogP contribution < -0.4 is 20.1 Å². The van der Waals surface area contributed by atoms with Crippen LogP contribution in [0.2, 0.25) is 0 Å². The molecule has 174 valence electrons. The molecule has 2 N–H and O–H groups in total. The van der Waals surface area contributed by atoms with Crippen molar-refractivity contribution in [3.8, 4) is 11.5 Å². The number of carbonyl (C=O) groups excluding carboxylic acids is 2. The van der Waals surface area contributed by atoms with E-state index in [0.717, 1.165) is 5.56 Å². The summed E-state index contributed by atoms with van der Waals surface area (Å²) in [6, 6.07) is 21.8. The number of ether oxygens (including phenoxy) is 2. The van der Waals surface area contributed by atoms with Gasteiger partial charge in [-0.1, -0.05) is 49.4 Å². The fourth-order valence-electron chi connectivity index (χ4n) is 3.89. The van der Waals surface area contributed by atoms with Crippen LogP contribution in [0.1, 0.15) is 35.4 Å². The van der Waals surface area contributed by atoms with Gasteiger partial charge in [0.15, 0.2) is 0 Å². The zero-order valence-corrected chi connectivity index (χ0v) is 19.3. The first-order chi connectivity index (χ1) is 16.5. The minimum atomic E-state index is -0.522. The summed E-state index contributed by atoms with van der Waals surface area (Å²) in [5.41, 5.74) is 2.14. The molecule has 0 aliphatic heterocycles. The van der Waals surface area contributed by atoms with Crippen LogP contribution in [-0.2, 0) is 4.79 Å². The highest BCUT2D eigenvalue weighted by Crippen LogP contribution is 2.35. The van der Waals surface area contributed by atoms with E-state index in [2.05, 4.69) is 10.6 Å². The molecule has 1 aromatic heterocycles. The van der Waals surface area contributed by atoms with Crippen molar-refractivity contribution >= 4 is 34.2 Å². The van der Waals surface area contributed by atoms with Gasteiger partial charge in [0.25, 0.3) is 5.91 Å². The van der Waals surface area contributed by atoms with Crippen LogP contribution in [0.15, 0.2) is 77.2 Å². The summed E-state index contributed by atoms with van der Waals surface area (Å²) in [4.78, 5) is 26.6. The number of hydrogen-bond donors (Lipinski definition) is 2. The molecule has 7 nitrogen and oxygen atoms in total. The molecule has 34 heavy (non-hydrogen) atoms. The first-order valence-corrected chi connectivity index (χ1v) is 11.0. The smallest absolute Gasteiger partial charge is 0.293 e. The Kier molecular flexibility index (Phi) is 6.82. The number of para-hydroxylation sites is 1. The van der Waals surface area contributed by atoms with Crippen molar-refractivity contribution in [2.45, 2.75) is 19.3 Å². The van der Waals surface area contributed by atoms with Gasteiger partial charge in [-0.05, 0) is 36.2 Å². The van der Waals surface area contributed by atoms with Crippen LogP contribution in [0.5, 0.6) is 11.5 Å². The van der Waals surface area contributed by atoms with Crippen LogP contribution >= 0.6 is 0 Å². The van der Waals surface area contributed by atoms with E-state index in [1.165, 1.54) is 14.2 Å². The zero-order chi connectivity index (χ0) is 24.1. The normalized spacial score (nSPS) is 11.6. The van der Waals surface area contributed by atoms with Gasteiger partial charge in [-0.3, -0.25) is 9.59 Å². The highest BCUT2D eigenvalue weighted by molar-refractivity contribution is 6.15. The molecule has 1 heterocycles. The number of furan rings is 1. The standard InChI is InChI=1S/C27H26N2O5/c1-4-19(17-10-6-5-7-11-17)26(30)29-24-20-12-8-9-13-22(20)34-25(24)27(31)28-21-16-18(32-2)14-15-23(21)33-3/h5-16,19H,4H2,1-3H3,(H,28,31)(H,29,30)/t19-/m0/s1. The molecule has 0 saturated carbocycles. The second kappa shape index (κ2) is 10.1. The lowest BCUT2D eigenvalue weighted by Crippen LogP contribution is -2.22. The predicted molar refractivity (Wildman–Crippen MR) is 132 cm³/mol. The molecule has 1 atom stereocenters. The number of carbonyl (C=O) groups is 2. The minimum absolute atomic E-state index is 0.00216. The molecule has 7 heteroatoms. The molecule has 0 spiro atoms. The highest BCUT2D eigenvalue weighted by atomic mass is 16.5. The van der Waals surface area contributed by atoms with Gasteiger partial charge in [0, 0.05) is 11.5 Å².